The van der Waals surface area contributed by atoms with Crippen LogP contribution in [0.3, 0.4) is 0 Å². The van der Waals surface area contributed by atoms with E-state index < -0.39 is 27.6 Å². The predicted molar refractivity (Wildman–Crippen MR) is 194 cm³/mol. The minimum atomic E-state index is -4.74. The number of alkyl halides is 3. The van der Waals surface area contributed by atoms with Gasteiger partial charge in [-0.25, -0.2) is 13.4 Å². The summed E-state index contributed by atoms with van der Waals surface area (Å²) >= 11 is 0. The summed E-state index contributed by atoms with van der Waals surface area (Å²) in [5.74, 6) is -0.241. The van der Waals surface area contributed by atoms with E-state index in [9.17, 15) is 26.4 Å². The van der Waals surface area contributed by atoms with Gasteiger partial charge < -0.3 is 26.1 Å². The number of likely N-dealkylation sites (tertiary alicyclic amines) is 1. The Morgan fingerprint density at radius 3 is 2.47 bits per heavy atom. The fourth-order valence-electron chi connectivity index (χ4n) is 6.46. The lowest BCUT2D eigenvalue weighted by molar-refractivity contribution is -0.137. The van der Waals surface area contributed by atoms with Gasteiger partial charge in [0.2, 0.25) is 10.0 Å². The molecule has 0 spiro atoms. The van der Waals surface area contributed by atoms with Crippen LogP contribution in [-0.4, -0.2) is 75.5 Å². The second kappa shape index (κ2) is 15.5. The normalized spacial score (nSPS) is 17.0. The molecule has 4 N–H and O–H groups in total. The van der Waals surface area contributed by atoms with E-state index in [-0.39, 0.29) is 35.6 Å². The molecule has 15 heteroatoms. The quantitative estimate of drug-likeness (QED) is 0.146. The van der Waals surface area contributed by atoms with Gasteiger partial charge in [-0.2, -0.15) is 13.2 Å². The third-order valence-electron chi connectivity index (χ3n) is 9.52. The van der Waals surface area contributed by atoms with Crippen molar-refractivity contribution in [3.8, 4) is 5.75 Å². The van der Waals surface area contributed by atoms with Crippen LogP contribution >= 0.6 is 0 Å². The van der Waals surface area contributed by atoms with Crippen LogP contribution in [0, 0.1) is 12.3 Å². The number of carbonyl (C=O) groups is 1. The monoisotopic (exact) mass is 729 g/mol. The summed E-state index contributed by atoms with van der Waals surface area (Å²) in [6, 6.07) is 11.5. The Morgan fingerprint density at radius 1 is 1.10 bits per heavy atom. The first-order valence-electron chi connectivity index (χ1n) is 17.0. The number of benzene rings is 2. The van der Waals surface area contributed by atoms with Gasteiger partial charge in [-0.05, 0) is 93.1 Å². The maximum atomic E-state index is 14.3. The minimum Gasteiger partial charge on any atom is -0.495 e. The maximum absolute atomic E-state index is 14.3. The molecule has 1 amide bonds. The van der Waals surface area contributed by atoms with Crippen LogP contribution in [0.25, 0.3) is 0 Å². The zero-order chi connectivity index (χ0) is 37.1. The molecule has 1 aliphatic heterocycles. The molecule has 0 bridgehead atoms. The Morgan fingerprint density at radius 2 is 1.84 bits per heavy atom. The predicted octanol–water partition coefficient (Wildman–Crippen LogP) is 6.50. The number of pyridine rings is 1. The highest BCUT2D eigenvalue weighted by Gasteiger charge is 2.36. The average Bonchev–Trinajstić information content (AvgIpc) is 3.03. The van der Waals surface area contributed by atoms with Crippen molar-refractivity contribution in [2.45, 2.75) is 77.2 Å². The zero-order valence-corrected chi connectivity index (χ0v) is 30.4. The van der Waals surface area contributed by atoms with Crippen LogP contribution < -0.4 is 25.0 Å². The lowest BCUT2D eigenvalue weighted by atomic mass is 9.89. The smallest absolute Gasteiger partial charge is 0.419 e. The number of nitrogens with zero attached hydrogens (tertiary/aromatic N) is 3. The Kier molecular flexibility index (Phi) is 11.5. The summed E-state index contributed by atoms with van der Waals surface area (Å²) in [6.07, 6.45) is 2.20. The van der Waals surface area contributed by atoms with Crippen LogP contribution in [0.15, 0.2) is 42.5 Å². The van der Waals surface area contributed by atoms with Crippen LogP contribution in [0.5, 0.6) is 5.75 Å². The van der Waals surface area contributed by atoms with Gasteiger partial charge in [-0.3, -0.25) is 14.0 Å². The number of halogens is 3. The van der Waals surface area contributed by atoms with E-state index in [1.165, 1.54) is 40.3 Å². The zero-order valence-electron chi connectivity index (χ0n) is 29.6. The number of methoxy groups -OCH3 is 1. The molecule has 276 valence electrons. The highest BCUT2D eigenvalue weighted by molar-refractivity contribution is 7.92. The van der Waals surface area contributed by atoms with Crippen LogP contribution in [0.4, 0.5) is 36.2 Å². The number of hydrogen-bond donors (Lipinski definition) is 4. The van der Waals surface area contributed by atoms with Gasteiger partial charge in [0.25, 0.3) is 5.91 Å². The number of hydrogen-bond acceptors (Lipinski definition) is 9. The van der Waals surface area contributed by atoms with Crippen molar-refractivity contribution in [1.82, 2.24) is 15.2 Å². The first-order chi connectivity index (χ1) is 24.0. The molecule has 5 rings (SSSR count). The van der Waals surface area contributed by atoms with E-state index >= 15 is 0 Å². The molecular formula is C36H46F3N7O4S. The highest BCUT2D eigenvalue weighted by Crippen LogP contribution is 2.38. The van der Waals surface area contributed by atoms with E-state index in [0.29, 0.717) is 46.3 Å². The number of aryl methyl sites for hydroxylation is 1. The van der Waals surface area contributed by atoms with Crippen molar-refractivity contribution < 1.29 is 31.1 Å². The molecule has 0 radical (unpaired) electrons. The third-order valence-corrected chi connectivity index (χ3v) is 10.7. The van der Waals surface area contributed by atoms with Crippen molar-refractivity contribution in [2.24, 2.45) is 0 Å². The van der Waals surface area contributed by atoms with Gasteiger partial charge in [0, 0.05) is 49.9 Å². The highest BCUT2D eigenvalue weighted by atomic mass is 32.2. The summed E-state index contributed by atoms with van der Waals surface area (Å²) in [6.45, 7) is 4.84. The summed E-state index contributed by atoms with van der Waals surface area (Å²) < 4.78 is 74.3. The molecule has 1 aliphatic carbocycles. The van der Waals surface area contributed by atoms with Crippen molar-refractivity contribution in [1.29, 1.82) is 5.41 Å². The number of piperidine rings is 1. The first kappa shape index (κ1) is 37.9. The van der Waals surface area contributed by atoms with Gasteiger partial charge in [0.05, 0.1) is 30.3 Å². The van der Waals surface area contributed by atoms with E-state index in [1.54, 1.807) is 43.3 Å². The Labute approximate surface area is 297 Å². The second-order valence-corrected chi connectivity index (χ2v) is 15.5. The summed E-state index contributed by atoms with van der Waals surface area (Å²) in [5, 5.41) is 16.8. The molecule has 1 saturated carbocycles. The first-order valence-corrected chi connectivity index (χ1v) is 18.8. The van der Waals surface area contributed by atoms with Crippen LogP contribution in [-0.2, 0) is 29.2 Å². The fraction of sp³-hybridized carbons (Fsp3) is 0.472. The van der Waals surface area contributed by atoms with E-state index in [4.69, 9.17) is 10.1 Å². The van der Waals surface area contributed by atoms with Crippen LogP contribution in [0.1, 0.15) is 71.6 Å². The molecule has 1 unspecified atom stereocenters. The minimum absolute atomic E-state index is 0.0484. The van der Waals surface area contributed by atoms with Crippen molar-refractivity contribution in [3.63, 3.8) is 0 Å². The maximum Gasteiger partial charge on any atom is 0.419 e. The van der Waals surface area contributed by atoms with Gasteiger partial charge in [-0.15, -0.1) is 0 Å². The molecular weight excluding hydrogens is 684 g/mol. The molecule has 11 nitrogen and oxygen atoms in total. The molecule has 3 aromatic rings. The van der Waals surface area contributed by atoms with Gasteiger partial charge in [0.1, 0.15) is 17.4 Å². The second-order valence-electron chi connectivity index (χ2n) is 13.5. The topological polar surface area (TPSA) is 140 Å². The number of ether oxygens (including phenoxy) is 1. The Balaban J connectivity index is 1.37. The summed E-state index contributed by atoms with van der Waals surface area (Å²) in [7, 11) is -0.895. The SMILES string of the molecule is COc1cc(C(=O)NC2CCCN(C3CCC3)C2)ccc1Nc1nc(NCc2ccc(CC(C)=N)cc2N(C)S(C)(=O)=O)c(C(F)(F)F)cc1C. The average molecular weight is 730 g/mol. The largest absolute Gasteiger partial charge is 0.495 e. The van der Waals surface area contributed by atoms with Gasteiger partial charge in [-0.1, -0.05) is 18.6 Å². The van der Waals surface area contributed by atoms with Gasteiger partial charge >= 0.3 is 6.18 Å². The van der Waals surface area contributed by atoms with Gasteiger partial charge in [0.15, 0.2) is 0 Å². The van der Waals surface area contributed by atoms with Crippen molar-refractivity contribution in [3.05, 3.63) is 70.3 Å². The van der Waals surface area contributed by atoms with E-state index in [2.05, 4.69) is 25.8 Å². The van der Waals surface area contributed by atoms with Crippen LogP contribution in [0.2, 0.25) is 0 Å². The molecule has 2 heterocycles. The molecule has 2 aliphatic rings. The number of amides is 1. The molecule has 2 fully saturated rings. The Hall–Kier alpha value is -4.37. The number of rotatable bonds is 13. The van der Waals surface area contributed by atoms with Crippen molar-refractivity contribution >= 4 is 44.7 Å². The molecule has 51 heavy (non-hydrogen) atoms. The summed E-state index contributed by atoms with van der Waals surface area (Å²) in [4.78, 5) is 20.0. The molecule has 1 saturated heterocycles. The lowest BCUT2D eigenvalue weighted by Gasteiger charge is -2.42. The number of aromatic nitrogens is 1. The molecule has 1 aromatic heterocycles. The number of carbonyl (C=O) groups excluding carboxylic acids is 1. The Bertz CT molecular complexity index is 1880. The fourth-order valence-corrected chi connectivity index (χ4v) is 6.98. The van der Waals surface area contributed by atoms with E-state index in [0.717, 1.165) is 42.6 Å². The number of nitrogens with one attached hydrogen (secondary N) is 4. The van der Waals surface area contributed by atoms with E-state index in [1.807, 2.05) is 0 Å². The standard InChI is InChI=1S/C36H46F3N7O4S/c1-22-16-29(36(37,38)39)34(41-20-26-12-11-24(17-23(2)40)18-31(26)45(3)51(5,48)49)44-33(22)43-30-14-13-25(19-32(30)50-4)35(47)42-27-8-7-15-46(21-27)28-9-6-10-28/h11-14,16,18-19,27-28,40H,6-10,15,17,20-21H2,1-5H3,(H,42,47)(H2,41,43,44). The lowest BCUT2D eigenvalue weighted by Crippen LogP contribution is -2.52. The number of sulfonamides is 1. The third kappa shape index (κ3) is 9.30. The molecule has 1 atom stereocenters. The summed E-state index contributed by atoms with van der Waals surface area (Å²) in [5.41, 5.74) is 1.78. The number of anilines is 4. The van der Waals surface area contributed by atoms with Crippen molar-refractivity contribution in [2.75, 3.05) is 48.4 Å². The molecule has 2 aromatic carbocycles.